The zero-order chi connectivity index (χ0) is 9.68. The van der Waals surface area contributed by atoms with Gasteiger partial charge in [0.15, 0.2) is 0 Å². The van der Waals surface area contributed by atoms with Crippen LogP contribution >= 0.6 is 11.8 Å². The third kappa shape index (κ3) is 3.59. The molecule has 1 amide bonds. The van der Waals surface area contributed by atoms with Crippen molar-refractivity contribution in [2.24, 2.45) is 5.92 Å². The number of thioether (sulfide) groups is 1. The van der Waals surface area contributed by atoms with E-state index in [0.717, 1.165) is 0 Å². The molecular weight excluding hydrogens is 182 g/mol. The van der Waals surface area contributed by atoms with Gasteiger partial charge in [-0.3, -0.25) is 4.79 Å². The van der Waals surface area contributed by atoms with E-state index in [1.165, 1.54) is 25.7 Å². The van der Waals surface area contributed by atoms with Gasteiger partial charge in [0.1, 0.15) is 0 Å². The Morgan fingerprint density at radius 2 is 2.15 bits per heavy atom. The highest BCUT2D eigenvalue weighted by atomic mass is 32.2. The van der Waals surface area contributed by atoms with Crippen molar-refractivity contribution in [3.05, 3.63) is 0 Å². The van der Waals surface area contributed by atoms with Gasteiger partial charge in [0.05, 0.1) is 5.75 Å². The van der Waals surface area contributed by atoms with E-state index >= 15 is 0 Å². The molecule has 0 bridgehead atoms. The van der Waals surface area contributed by atoms with Gasteiger partial charge in [-0.15, -0.1) is 0 Å². The fourth-order valence-corrected chi connectivity index (χ4v) is 2.26. The molecule has 0 saturated heterocycles. The Morgan fingerprint density at radius 3 is 2.77 bits per heavy atom. The molecule has 1 aliphatic carbocycles. The summed E-state index contributed by atoms with van der Waals surface area (Å²) in [4.78, 5) is 11.3. The van der Waals surface area contributed by atoms with E-state index in [9.17, 15) is 4.79 Å². The third-order valence-electron chi connectivity index (χ3n) is 2.73. The zero-order valence-corrected chi connectivity index (χ0v) is 9.32. The summed E-state index contributed by atoms with van der Waals surface area (Å²) in [5.41, 5.74) is 0. The molecule has 0 aromatic carbocycles. The van der Waals surface area contributed by atoms with Gasteiger partial charge in [-0.1, -0.05) is 19.8 Å². The first kappa shape index (κ1) is 10.9. The largest absolute Gasteiger partial charge is 0.352 e. The van der Waals surface area contributed by atoms with Gasteiger partial charge in [-0.2, -0.15) is 11.8 Å². The lowest BCUT2D eigenvalue weighted by Crippen LogP contribution is -2.41. The van der Waals surface area contributed by atoms with Crippen LogP contribution in [0.5, 0.6) is 0 Å². The van der Waals surface area contributed by atoms with Crippen molar-refractivity contribution in [2.75, 3.05) is 12.0 Å². The predicted octanol–water partition coefficient (Wildman–Crippen LogP) is 2.04. The second-order valence-electron chi connectivity index (χ2n) is 3.87. The molecule has 0 aliphatic heterocycles. The van der Waals surface area contributed by atoms with Crippen LogP contribution in [0.4, 0.5) is 0 Å². The normalized spacial score (nSPS) is 28.5. The van der Waals surface area contributed by atoms with Gasteiger partial charge >= 0.3 is 0 Å². The molecule has 1 aliphatic rings. The molecule has 2 atom stereocenters. The first-order chi connectivity index (χ1) is 6.24. The Bertz CT molecular complexity index is 172. The van der Waals surface area contributed by atoms with E-state index in [4.69, 9.17) is 0 Å². The van der Waals surface area contributed by atoms with E-state index in [-0.39, 0.29) is 5.91 Å². The highest BCUT2D eigenvalue weighted by molar-refractivity contribution is 7.99. The molecule has 3 heteroatoms. The Labute approximate surface area is 84.9 Å². The lowest BCUT2D eigenvalue weighted by atomic mass is 9.86. The monoisotopic (exact) mass is 201 g/mol. The van der Waals surface area contributed by atoms with Crippen LogP contribution in [0.1, 0.15) is 32.6 Å². The molecule has 0 heterocycles. The molecule has 1 fully saturated rings. The van der Waals surface area contributed by atoms with Crippen LogP contribution in [0.25, 0.3) is 0 Å². The van der Waals surface area contributed by atoms with Gasteiger partial charge < -0.3 is 5.32 Å². The number of nitrogens with one attached hydrogen (secondary N) is 1. The molecule has 2 unspecified atom stereocenters. The smallest absolute Gasteiger partial charge is 0.230 e. The van der Waals surface area contributed by atoms with Crippen LogP contribution < -0.4 is 5.32 Å². The van der Waals surface area contributed by atoms with Crippen LogP contribution in [-0.4, -0.2) is 24.0 Å². The maximum absolute atomic E-state index is 11.3. The van der Waals surface area contributed by atoms with Crippen LogP contribution in [-0.2, 0) is 4.79 Å². The molecule has 1 saturated carbocycles. The summed E-state index contributed by atoms with van der Waals surface area (Å²) >= 11 is 1.59. The van der Waals surface area contributed by atoms with Gasteiger partial charge in [0.2, 0.25) is 5.91 Å². The van der Waals surface area contributed by atoms with Gasteiger partial charge in [-0.25, -0.2) is 0 Å². The second kappa shape index (κ2) is 5.53. The minimum absolute atomic E-state index is 0.200. The fourth-order valence-electron chi connectivity index (χ4n) is 1.91. The summed E-state index contributed by atoms with van der Waals surface area (Å²) in [5.74, 6) is 1.47. The van der Waals surface area contributed by atoms with Crippen molar-refractivity contribution in [3.63, 3.8) is 0 Å². The quantitative estimate of drug-likeness (QED) is 0.757. The molecule has 0 aromatic heterocycles. The first-order valence-corrected chi connectivity index (χ1v) is 6.41. The molecule has 13 heavy (non-hydrogen) atoms. The summed E-state index contributed by atoms with van der Waals surface area (Å²) in [5, 5.41) is 3.11. The summed E-state index contributed by atoms with van der Waals surface area (Å²) in [6.07, 6.45) is 7.00. The summed E-state index contributed by atoms with van der Waals surface area (Å²) in [7, 11) is 0. The third-order valence-corrected chi connectivity index (χ3v) is 3.28. The van der Waals surface area contributed by atoms with Crippen LogP contribution in [0, 0.1) is 5.92 Å². The zero-order valence-electron chi connectivity index (χ0n) is 8.51. The Morgan fingerprint density at radius 1 is 1.46 bits per heavy atom. The van der Waals surface area contributed by atoms with E-state index in [1.807, 2.05) is 6.26 Å². The van der Waals surface area contributed by atoms with Gasteiger partial charge in [0.25, 0.3) is 0 Å². The van der Waals surface area contributed by atoms with Crippen molar-refractivity contribution < 1.29 is 4.79 Å². The topological polar surface area (TPSA) is 29.1 Å². The van der Waals surface area contributed by atoms with E-state index in [0.29, 0.717) is 17.7 Å². The van der Waals surface area contributed by atoms with Gasteiger partial charge in [-0.05, 0) is 25.0 Å². The fraction of sp³-hybridized carbons (Fsp3) is 0.900. The predicted molar refractivity (Wildman–Crippen MR) is 57.9 cm³/mol. The van der Waals surface area contributed by atoms with Crippen molar-refractivity contribution in [2.45, 2.75) is 38.6 Å². The minimum Gasteiger partial charge on any atom is -0.352 e. The standard InChI is InChI=1S/C10H19NOS/c1-8-5-3-4-6-9(8)11-10(12)7-13-2/h8-9H,3-7H2,1-2H3,(H,11,12). The number of rotatable bonds is 3. The number of hydrogen-bond acceptors (Lipinski definition) is 2. The first-order valence-electron chi connectivity index (χ1n) is 5.02. The maximum Gasteiger partial charge on any atom is 0.230 e. The average Bonchev–Trinajstić information content (AvgIpc) is 2.09. The lowest BCUT2D eigenvalue weighted by molar-refractivity contribution is -0.119. The van der Waals surface area contributed by atoms with E-state index in [2.05, 4.69) is 12.2 Å². The molecule has 2 nitrogen and oxygen atoms in total. The van der Waals surface area contributed by atoms with Crippen LogP contribution in [0.15, 0.2) is 0 Å². The maximum atomic E-state index is 11.3. The van der Waals surface area contributed by atoms with Crippen molar-refractivity contribution in [1.29, 1.82) is 0 Å². The SMILES string of the molecule is CSCC(=O)NC1CCCCC1C. The summed E-state index contributed by atoms with van der Waals surface area (Å²) in [6, 6.07) is 0.438. The summed E-state index contributed by atoms with van der Waals surface area (Å²) in [6.45, 7) is 2.24. The number of carbonyl (C=O) groups excluding carboxylic acids is 1. The molecule has 1 rings (SSSR count). The second-order valence-corrected chi connectivity index (χ2v) is 4.73. The minimum atomic E-state index is 0.200. The Hall–Kier alpha value is -0.180. The molecule has 1 N–H and O–H groups in total. The molecule has 0 spiro atoms. The van der Waals surface area contributed by atoms with Crippen molar-refractivity contribution >= 4 is 17.7 Å². The number of amides is 1. The number of hydrogen-bond donors (Lipinski definition) is 1. The van der Waals surface area contributed by atoms with Crippen LogP contribution in [0.2, 0.25) is 0 Å². The Balaban J connectivity index is 2.29. The van der Waals surface area contributed by atoms with Crippen LogP contribution in [0.3, 0.4) is 0 Å². The van der Waals surface area contributed by atoms with E-state index in [1.54, 1.807) is 11.8 Å². The van der Waals surface area contributed by atoms with Crippen molar-refractivity contribution in [3.8, 4) is 0 Å². The van der Waals surface area contributed by atoms with Gasteiger partial charge in [0, 0.05) is 6.04 Å². The lowest BCUT2D eigenvalue weighted by Gasteiger charge is -2.29. The Kier molecular flexibility index (Phi) is 4.64. The molecule has 0 radical (unpaired) electrons. The summed E-state index contributed by atoms with van der Waals surface area (Å²) < 4.78 is 0. The highest BCUT2D eigenvalue weighted by Gasteiger charge is 2.22. The molecule has 76 valence electrons. The highest BCUT2D eigenvalue weighted by Crippen LogP contribution is 2.23. The molecular formula is C10H19NOS. The number of carbonyl (C=O) groups is 1. The van der Waals surface area contributed by atoms with E-state index < -0.39 is 0 Å². The average molecular weight is 201 g/mol. The van der Waals surface area contributed by atoms with Crippen molar-refractivity contribution in [1.82, 2.24) is 5.32 Å². The molecule has 0 aromatic rings.